The van der Waals surface area contributed by atoms with E-state index in [9.17, 15) is 0 Å². The van der Waals surface area contributed by atoms with Crippen molar-refractivity contribution in [2.75, 3.05) is 12.3 Å². The van der Waals surface area contributed by atoms with Crippen molar-refractivity contribution >= 4 is 62.1 Å². The summed E-state index contributed by atoms with van der Waals surface area (Å²) in [5, 5.41) is 9.43. The number of aromatic nitrogens is 1. The van der Waals surface area contributed by atoms with Gasteiger partial charge in [0.25, 0.3) is 0 Å². The highest BCUT2D eigenvalue weighted by atomic mass is 127. The average molecular weight is 470 g/mol. The van der Waals surface area contributed by atoms with Crippen molar-refractivity contribution in [2.24, 2.45) is 4.99 Å². The molecule has 0 amide bonds. The van der Waals surface area contributed by atoms with Gasteiger partial charge in [-0.1, -0.05) is 11.8 Å². The third-order valence-electron chi connectivity index (χ3n) is 2.27. The molecule has 4 nitrogen and oxygen atoms in total. The maximum atomic E-state index is 8.61. The number of halogens is 2. The highest BCUT2D eigenvalue weighted by molar-refractivity contribution is 14.1. The Morgan fingerprint density at radius 2 is 2.41 bits per heavy atom. The fourth-order valence-electron chi connectivity index (χ4n) is 1.48. The molecule has 88 valence electrons. The largest absolute Gasteiger partial charge is 0.345 e. The summed E-state index contributed by atoms with van der Waals surface area (Å²) < 4.78 is 2.20. The van der Waals surface area contributed by atoms with Crippen molar-refractivity contribution in [3.63, 3.8) is 0 Å². The second kappa shape index (κ2) is 6.19. The molecule has 0 atom stereocenters. The lowest BCUT2D eigenvalue weighted by Gasteiger charge is -2.17. The zero-order valence-electron chi connectivity index (χ0n) is 8.73. The van der Waals surface area contributed by atoms with E-state index in [2.05, 4.69) is 66.1 Å². The quantitative estimate of drug-likeness (QED) is 0.379. The fourth-order valence-corrected chi connectivity index (χ4v) is 4.07. The molecule has 0 unspecified atom stereocenters. The molecule has 0 N–H and O–H groups in total. The van der Waals surface area contributed by atoms with E-state index in [1.807, 2.05) is 12.4 Å². The van der Waals surface area contributed by atoms with Crippen LogP contribution in [0.3, 0.4) is 0 Å². The third-order valence-corrected chi connectivity index (χ3v) is 4.85. The van der Waals surface area contributed by atoms with Gasteiger partial charge in [-0.15, -0.1) is 4.99 Å². The van der Waals surface area contributed by atoms with E-state index >= 15 is 0 Å². The molecule has 0 bridgehead atoms. The number of nitrogens with zero attached hydrogens (tertiary/aromatic N) is 4. The van der Waals surface area contributed by atoms with Crippen molar-refractivity contribution < 1.29 is 0 Å². The molecular formula is C10H8I2N4S. The molecule has 7 heteroatoms. The van der Waals surface area contributed by atoms with Crippen LogP contribution in [0.2, 0.25) is 0 Å². The molecule has 0 spiro atoms. The van der Waals surface area contributed by atoms with Gasteiger partial charge in [-0.05, 0) is 51.2 Å². The number of amidine groups is 1. The lowest BCUT2D eigenvalue weighted by atomic mass is 10.3. The maximum Gasteiger partial charge on any atom is 0.208 e. The van der Waals surface area contributed by atoms with E-state index in [0.29, 0.717) is 0 Å². The summed E-state index contributed by atoms with van der Waals surface area (Å²) in [5.74, 6) is 0.995. The summed E-state index contributed by atoms with van der Waals surface area (Å²) in [6.45, 7) is 1.71. The Hall–Kier alpha value is -0.0800. The van der Waals surface area contributed by atoms with Crippen LogP contribution in [0.15, 0.2) is 17.3 Å². The predicted octanol–water partition coefficient (Wildman–Crippen LogP) is 2.68. The summed E-state index contributed by atoms with van der Waals surface area (Å²) in [7, 11) is 0. The van der Waals surface area contributed by atoms with Crippen molar-refractivity contribution in [1.82, 2.24) is 9.88 Å². The number of rotatable bonds is 2. The molecule has 0 saturated carbocycles. The van der Waals surface area contributed by atoms with Crippen LogP contribution in [-0.2, 0) is 6.54 Å². The standard InChI is InChI=1S/C10H8I2N4S/c11-8-3-9(12)14-4-7(8)5-16-1-2-17-10(16)15-6-13/h3-4H,1-2,5H2. The minimum absolute atomic E-state index is 0.774. The molecular weight excluding hydrogens is 462 g/mol. The van der Waals surface area contributed by atoms with Gasteiger partial charge in [0.2, 0.25) is 6.19 Å². The second-order valence-corrected chi connectivity index (χ2v) is 6.69. The first kappa shape index (κ1) is 13.4. The molecule has 2 heterocycles. The molecule has 1 aliphatic rings. The average Bonchev–Trinajstić information content (AvgIpc) is 2.71. The van der Waals surface area contributed by atoms with Crippen molar-refractivity contribution in [2.45, 2.75) is 6.54 Å². The second-order valence-electron chi connectivity index (χ2n) is 3.36. The molecule has 0 aliphatic carbocycles. The summed E-state index contributed by atoms with van der Waals surface area (Å²) in [6.07, 6.45) is 3.76. The minimum Gasteiger partial charge on any atom is -0.345 e. The van der Waals surface area contributed by atoms with Gasteiger partial charge in [-0.25, -0.2) is 4.98 Å². The lowest BCUT2D eigenvalue weighted by molar-refractivity contribution is 0.455. The third kappa shape index (κ3) is 3.45. The topological polar surface area (TPSA) is 52.3 Å². The van der Waals surface area contributed by atoms with Crippen LogP contribution in [-0.4, -0.2) is 27.3 Å². The Morgan fingerprint density at radius 3 is 3.12 bits per heavy atom. The van der Waals surface area contributed by atoms with Gasteiger partial charge in [0, 0.05) is 34.2 Å². The molecule has 0 radical (unpaired) electrons. The van der Waals surface area contributed by atoms with Gasteiger partial charge in [-0.3, -0.25) is 0 Å². The van der Waals surface area contributed by atoms with Gasteiger partial charge in [0.05, 0.1) is 0 Å². The van der Waals surface area contributed by atoms with E-state index < -0.39 is 0 Å². The normalized spacial score (nSPS) is 17.5. The molecule has 1 aromatic rings. The number of nitriles is 1. The van der Waals surface area contributed by atoms with Gasteiger partial charge >= 0.3 is 0 Å². The number of thioether (sulfide) groups is 1. The lowest BCUT2D eigenvalue weighted by Crippen LogP contribution is -2.24. The summed E-state index contributed by atoms with van der Waals surface area (Å²) >= 11 is 6.15. The Morgan fingerprint density at radius 1 is 1.59 bits per heavy atom. The first-order valence-corrected chi connectivity index (χ1v) is 7.99. The molecule has 1 fully saturated rings. The number of pyridine rings is 1. The Kier molecular flexibility index (Phi) is 4.87. The number of hydrogen-bond donors (Lipinski definition) is 0. The van der Waals surface area contributed by atoms with Crippen molar-refractivity contribution in [3.8, 4) is 6.19 Å². The SMILES string of the molecule is N#CN=C1SCCN1Cc1cnc(I)cc1I. The van der Waals surface area contributed by atoms with Crippen LogP contribution in [0.5, 0.6) is 0 Å². The summed E-state index contributed by atoms with van der Waals surface area (Å²) in [6, 6.07) is 2.06. The maximum absolute atomic E-state index is 8.61. The van der Waals surface area contributed by atoms with Crippen LogP contribution in [0, 0.1) is 18.7 Å². The molecule has 1 saturated heterocycles. The fraction of sp³-hybridized carbons (Fsp3) is 0.300. The van der Waals surface area contributed by atoms with Crippen molar-refractivity contribution in [3.05, 3.63) is 25.1 Å². The van der Waals surface area contributed by atoms with Crippen LogP contribution < -0.4 is 0 Å². The van der Waals surface area contributed by atoms with Gasteiger partial charge in [-0.2, -0.15) is 5.26 Å². The zero-order chi connectivity index (χ0) is 12.3. The van der Waals surface area contributed by atoms with E-state index in [1.54, 1.807) is 11.8 Å². The summed E-state index contributed by atoms with van der Waals surface area (Å²) in [5.41, 5.74) is 1.18. The van der Waals surface area contributed by atoms with E-state index in [-0.39, 0.29) is 0 Å². The Labute approximate surface area is 131 Å². The van der Waals surface area contributed by atoms with E-state index in [0.717, 1.165) is 27.7 Å². The zero-order valence-corrected chi connectivity index (χ0v) is 13.9. The molecule has 0 aromatic carbocycles. The first-order chi connectivity index (χ1) is 8.20. The Balaban J connectivity index is 2.16. The van der Waals surface area contributed by atoms with Gasteiger partial charge < -0.3 is 4.90 Å². The highest BCUT2D eigenvalue weighted by Crippen LogP contribution is 2.22. The number of aliphatic imine (C=N–C) groups is 1. The molecule has 1 aliphatic heterocycles. The molecule has 17 heavy (non-hydrogen) atoms. The molecule has 2 rings (SSSR count). The van der Waals surface area contributed by atoms with Gasteiger partial charge in [0.1, 0.15) is 3.70 Å². The van der Waals surface area contributed by atoms with Crippen LogP contribution >= 0.6 is 56.9 Å². The van der Waals surface area contributed by atoms with Crippen LogP contribution in [0.1, 0.15) is 5.56 Å². The Bertz CT molecular complexity index is 498. The minimum atomic E-state index is 0.774. The van der Waals surface area contributed by atoms with E-state index in [1.165, 1.54) is 9.13 Å². The smallest absolute Gasteiger partial charge is 0.208 e. The molecule has 1 aromatic heterocycles. The highest BCUT2D eigenvalue weighted by Gasteiger charge is 2.20. The monoisotopic (exact) mass is 470 g/mol. The van der Waals surface area contributed by atoms with Crippen molar-refractivity contribution in [1.29, 1.82) is 5.26 Å². The number of hydrogen-bond acceptors (Lipinski definition) is 4. The first-order valence-electron chi connectivity index (χ1n) is 4.85. The van der Waals surface area contributed by atoms with E-state index in [4.69, 9.17) is 5.26 Å². The van der Waals surface area contributed by atoms with Crippen LogP contribution in [0.4, 0.5) is 0 Å². The van der Waals surface area contributed by atoms with Crippen LogP contribution in [0.25, 0.3) is 0 Å². The van der Waals surface area contributed by atoms with Gasteiger partial charge in [0.15, 0.2) is 5.17 Å². The summed E-state index contributed by atoms with van der Waals surface area (Å²) in [4.78, 5) is 10.3. The predicted molar refractivity (Wildman–Crippen MR) is 85.6 cm³/mol.